The van der Waals surface area contributed by atoms with Gasteiger partial charge in [-0.2, -0.15) is 0 Å². The number of hydrogen-bond donors (Lipinski definition) is 1. The Morgan fingerprint density at radius 3 is 2.88 bits per heavy atom. The number of aliphatic imine (C=N–C) groups is 2. The normalized spacial score (nSPS) is 13.9. The quantitative estimate of drug-likeness (QED) is 0.850. The third-order valence-corrected chi connectivity index (χ3v) is 3.15. The monoisotopic (exact) mass is 231 g/mol. The Morgan fingerprint density at radius 1 is 1.38 bits per heavy atom. The summed E-state index contributed by atoms with van der Waals surface area (Å²) in [6.07, 6.45) is 2.64. The van der Waals surface area contributed by atoms with E-state index in [9.17, 15) is 0 Å². The molecule has 0 bridgehead atoms. The fraction of sp³-hybridized carbons (Fsp3) is 0.167. The lowest BCUT2D eigenvalue weighted by Gasteiger charge is -2.02. The van der Waals surface area contributed by atoms with Gasteiger partial charge in [-0.3, -0.25) is 4.99 Å². The maximum atomic E-state index is 5.54. The highest BCUT2D eigenvalue weighted by molar-refractivity contribution is 8.14. The number of benzene rings is 1. The maximum absolute atomic E-state index is 5.54. The molecule has 3 nitrogen and oxygen atoms in total. The third-order valence-electron chi connectivity index (χ3n) is 2.05. The number of hydrogen-bond acceptors (Lipinski definition) is 4. The van der Waals surface area contributed by atoms with Gasteiger partial charge in [0.2, 0.25) is 0 Å². The van der Waals surface area contributed by atoms with E-state index in [4.69, 9.17) is 5.73 Å². The molecule has 1 aromatic carbocycles. The van der Waals surface area contributed by atoms with Crippen molar-refractivity contribution in [3.63, 3.8) is 0 Å². The topological polar surface area (TPSA) is 50.7 Å². The molecule has 2 N–H and O–H groups in total. The summed E-state index contributed by atoms with van der Waals surface area (Å²) in [5.41, 5.74) is 8.05. The second-order valence-electron chi connectivity index (χ2n) is 3.46. The Balaban J connectivity index is 2.21. The van der Waals surface area contributed by atoms with Gasteiger partial charge in [0.15, 0.2) is 0 Å². The lowest BCUT2D eigenvalue weighted by atomic mass is 10.3. The summed E-state index contributed by atoms with van der Waals surface area (Å²) < 4.78 is 0. The van der Waals surface area contributed by atoms with E-state index in [2.05, 4.69) is 16.6 Å². The van der Waals surface area contributed by atoms with Crippen molar-refractivity contribution < 1.29 is 0 Å². The minimum Gasteiger partial charge on any atom is -0.402 e. The highest BCUT2D eigenvalue weighted by atomic mass is 32.2. The van der Waals surface area contributed by atoms with Crippen molar-refractivity contribution in [2.45, 2.75) is 6.42 Å². The minimum atomic E-state index is 0.669. The van der Waals surface area contributed by atoms with Crippen LogP contribution in [-0.2, 0) is 0 Å². The van der Waals surface area contributed by atoms with Crippen LogP contribution in [0, 0.1) is 0 Å². The van der Waals surface area contributed by atoms with E-state index in [1.165, 1.54) is 0 Å². The molecule has 0 saturated carbocycles. The number of thioether (sulfide) groups is 1. The molecule has 1 heterocycles. The first-order chi connectivity index (χ1) is 7.75. The van der Waals surface area contributed by atoms with Gasteiger partial charge in [0.1, 0.15) is 0 Å². The summed E-state index contributed by atoms with van der Waals surface area (Å²) in [5, 5.41) is 1.03. The molecule has 0 radical (unpaired) electrons. The Morgan fingerprint density at radius 2 is 2.12 bits per heavy atom. The van der Waals surface area contributed by atoms with Crippen LogP contribution in [0.25, 0.3) is 0 Å². The van der Waals surface area contributed by atoms with Crippen LogP contribution in [0.4, 0.5) is 11.4 Å². The van der Waals surface area contributed by atoms with E-state index in [-0.39, 0.29) is 0 Å². The van der Waals surface area contributed by atoms with Crippen LogP contribution >= 0.6 is 11.8 Å². The van der Waals surface area contributed by atoms with Crippen LogP contribution < -0.4 is 5.73 Å². The molecule has 0 aromatic heterocycles. The molecule has 82 valence electrons. The van der Waals surface area contributed by atoms with Crippen molar-refractivity contribution in [2.24, 2.45) is 15.7 Å². The molecule has 1 aromatic rings. The molecule has 0 atom stereocenters. The lowest BCUT2D eigenvalue weighted by Crippen LogP contribution is -2.01. The van der Waals surface area contributed by atoms with E-state index in [1.807, 2.05) is 30.5 Å². The fourth-order valence-corrected chi connectivity index (χ4v) is 2.04. The highest BCUT2D eigenvalue weighted by Crippen LogP contribution is 2.30. The van der Waals surface area contributed by atoms with Gasteiger partial charge in [0, 0.05) is 24.1 Å². The van der Waals surface area contributed by atoms with Crippen molar-refractivity contribution in [1.82, 2.24) is 0 Å². The molecule has 0 amide bonds. The van der Waals surface area contributed by atoms with Crippen LogP contribution in [0.1, 0.15) is 6.42 Å². The largest absolute Gasteiger partial charge is 0.402 e. The van der Waals surface area contributed by atoms with Gasteiger partial charge in [0.25, 0.3) is 0 Å². The van der Waals surface area contributed by atoms with Crippen LogP contribution in [0.5, 0.6) is 0 Å². The molecule has 0 aliphatic carbocycles. The Labute approximate surface area is 99.2 Å². The van der Waals surface area contributed by atoms with E-state index < -0.39 is 0 Å². The zero-order chi connectivity index (χ0) is 11.4. The standard InChI is InChI=1S/C12H13N3S/c1-9(13)8-16-12-6-7-14-10-4-2-3-5-11(10)15-12/h2-5,7H,1,6,8,13H2. The molecule has 0 fully saturated rings. The first-order valence-electron chi connectivity index (χ1n) is 5.01. The van der Waals surface area contributed by atoms with Gasteiger partial charge in [-0.05, 0) is 12.1 Å². The zero-order valence-corrected chi connectivity index (χ0v) is 9.70. The number of rotatable bonds is 2. The first kappa shape index (κ1) is 11.0. The van der Waals surface area contributed by atoms with Crippen molar-refractivity contribution in [2.75, 3.05) is 5.75 Å². The molecule has 1 aliphatic rings. The summed E-state index contributed by atoms with van der Waals surface area (Å²) >= 11 is 1.62. The van der Waals surface area contributed by atoms with Crippen molar-refractivity contribution >= 4 is 34.4 Å². The summed E-state index contributed by atoms with van der Waals surface area (Å²) in [4.78, 5) is 8.93. The average molecular weight is 231 g/mol. The smallest absolute Gasteiger partial charge is 0.0895 e. The van der Waals surface area contributed by atoms with Crippen LogP contribution in [-0.4, -0.2) is 17.0 Å². The number of fused-ring (bicyclic) bond motifs is 1. The molecular weight excluding hydrogens is 218 g/mol. The van der Waals surface area contributed by atoms with Crippen LogP contribution in [0.15, 0.2) is 46.5 Å². The summed E-state index contributed by atoms with van der Waals surface area (Å²) in [5.74, 6) is 0.703. The van der Waals surface area contributed by atoms with Crippen LogP contribution in [0.3, 0.4) is 0 Å². The van der Waals surface area contributed by atoms with E-state index in [1.54, 1.807) is 11.8 Å². The molecule has 0 saturated heterocycles. The summed E-state index contributed by atoms with van der Waals surface area (Å²) in [6, 6.07) is 7.86. The molecule has 16 heavy (non-hydrogen) atoms. The van der Waals surface area contributed by atoms with Gasteiger partial charge in [0.05, 0.1) is 16.4 Å². The fourth-order valence-electron chi connectivity index (χ4n) is 1.34. The van der Waals surface area contributed by atoms with E-state index in [0.717, 1.165) is 22.8 Å². The van der Waals surface area contributed by atoms with E-state index in [0.29, 0.717) is 11.4 Å². The Bertz CT molecular complexity index is 463. The predicted molar refractivity (Wildman–Crippen MR) is 72.1 cm³/mol. The molecule has 0 spiro atoms. The summed E-state index contributed by atoms with van der Waals surface area (Å²) in [7, 11) is 0. The van der Waals surface area contributed by atoms with E-state index >= 15 is 0 Å². The minimum absolute atomic E-state index is 0.669. The summed E-state index contributed by atoms with van der Waals surface area (Å²) in [6.45, 7) is 3.68. The lowest BCUT2D eigenvalue weighted by molar-refractivity contribution is 1.36. The molecule has 0 unspecified atom stereocenters. The second-order valence-corrected chi connectivity index (χ2v) is 4.51. The Hall–Kier alpha value is -1.55. The predicted octanol–water partition coefficient (Wildman–Crippen LogP) is 3.03. The molecule has 4 heteroatoms. The van der Waals surface area contributed by atoms with Crippen molar-refractivity contribution in [1.29, 1.82) is 0 Å². The zero-order valence-electron chi connectivity index (χ0n) is 8.89. The molecule has 1 aliphatic heterocycles. The third kappa shape index (κ3) is 2.73. The van der Waals surface area contributed by atoms with Crippen molar-refractivity contribution in [3.8, 4) is 0 Å². The highest BCUT2D eigenvalue weighted by Gasteiger charge is 2.06. The first-order valence-corrected chi connectivity index (χ1v) is 5.99. The number of nitrogens with zero attached hydrogens (tertiary/aromatic N) is 2. The number of para-hydroxylation sites is 2. The van der Waals surface area contributed by atoms with Gasteiger partial charge < -0.3 is 5.73 Å². The molecular formula is C12H13N3S. The van der Waals surface area contributed by atoms with Crippen molar-refractivity contribution in [3.05, 3.63) is 36.5 Å². The van der Waals surface area contributed by atoms with Gasteiger partial charge in [-0.15, -0.1) is 11.8 Å². The molecule has 2 rings (SSSR count). The van der Waals surface area contributed by atoms with Gasteiger partial charge in [-0.25, -0.2) is 4.99 Å². The average Bonchev–Trinajstić information content (AvgIpc) is 2.47. The maximum Gasteiger partial charge on any atom is 0.0895 e. The van der Waals surface area contributed by atoms with Crippen LogP contribution in [0.2, 0.25) is 0 Å². The Kier molecular flexibility index (Phi) is 3.41. The second kappa shape index (κ2) is 4.99. The van der Waals surface area contributed by atoms with Gasteiger partial charge in [-0.1, -0.05) is 18.7 Å². The van der Waals surface area contributed by atoms with Gasteiger partial charge >= 0.3 is 0 Å². The SMILES string of the molecule is C=C(N)CSC1=Nc2ccccc2N=CC1. The number of nitrogens with two attached hydrogens (primary N) is 1.